The maximum atomic E-state index is 6.25. The lowest BCUT2D eigenvalue weighted by atomic mass is 10.0. The van der Waals surface area contributed by atoms with Gasteiger partial charge in [0.15, 0.2) is 0 Å². The molecule has 0 aliphatic heterocycles. The zero-order valence-electron chi connectivity index (χ0n) is 13.5. The fraction of sp³-hybridized carbons (Fsp3) is 0. The molecule has 0 bridgehead atoms. The van der Waals surface area contributed by atoms with E-state index in [9.17, 15) is 0 Å². The first-order valence-electron chi connectivity index (χ1n) is 8.14. The van der Waals surface area contributed by atoms with Crippen molar-refractivity contribution in [3.05, 3.63) is 101 Å². The Balaban J connectivity index is 1.90. The quantitative estimate of drug-likeness (QED) is 0.245. The highest BCUT2D eigenvalue weighted by molar-refractivity contribution is 14.1. The SMILES string of the molecule is Ic1ccc(-c2cc(-c3ccccc3)cc(-c3ccccc3)[o+]2)cc1. The summed E-state index contributed by atoms with van der Waals surface area (Å²) in [5, 5.41) is 0. The molecule has 25 heavy (non-hydrogen) atoms. The number of rotatable bonds is 3. The summed E-state index contributed by atoms with van der Waals surface area (Å²) >= 11 is 2.32. The van der Waals surface area contributed by atoms with Crippen molar-refractivity contribution in [3.8, 4) is 33.8 Å². The summed E-state index contributed by atoms with van der Waals surface area (Å²) in [6.07, 6.45) is 0. The fourth-order valence-electron chi connectivity index (χ4n) is 2.80. The van der Waals surface area contributed by atoms with E-state index in [0.717, 1.165) is 28.2 Å². The Morgan fingerprint density at radius 1 is 0.480 bits per heavy atom. The molecule has 1 nitrogen and oxygen atoms in total. The summed E-state index contributed by atoms with van der Waals surface area (Å²) in [5.41, 5.74) is 4.49. The lowest BCUT2D eigenvalue weighted by molar-refractivity contribution is 0.582. The predicted octanol–water partition coefficient (Wildman–Crippen LogP) is 7.17. The van der Waals surface area contributed by atoms with Crippen LogP contribution in [-0.2, 0) is 0 Å². The van der Waals surface area contributed by atoms with Gasteiger partial charge in [-0.05, 0) is 64.6 Å². The monoisotopic (exact) mass is 435 g/mol. The van der Waals surface area contributed by atoms with Crippen molar-refractivity contribution in [2.45, 2.75) is 0 Å². The first kappa shape index (κ1) is 16.0. The molecule has 0 spiro atoms. The summed E-state index contributed by atoms with van der Waals surface area (Å²) in [7, 11) is 0. The van der Waals surface area contributed by atoms with Crippen LogP contribution in [0.5, 0.6) is 0 Å². The zero-order valence-corrected chi connectivity index (χ0v) is 15.7. The molecule has 120 valence electrons. The lowest BCUT2D eigenvalue weighted by Gasteiger charge is -2.02. The summed E-state index contributed by atoms with van der Waals surface area (Å²) in [5.74, 6) is 1.74. The van der Waals surface area contributed by atoms with Crippen LogP contribution in [0.25, 0.3) is 33.8 Å². The molecule has 0 aliphatic carbocycles. The maximum absolute atomic E-state index is 6.25. The maximum Gasteiger partial charge on any atom is 0.361 e. The molecule has 0 saturated heterocycles. The standard InChI is InChI=1S/C23H16IO/c24-21-13-11-19(12-14-21)23-16-20(17-7-3-1-4-8-17)15-22(25-23)18-9-5-2-6-10-18/h1-16H/q+1. The molecule has 4 rings (SSSR count). The second-order valence-corrected chi connectivity index (χ2v) is 7.06. The molecular formula is C23H16IO+. The van der Waals surface area contributed by atoms with Gasteiger partial charge in [-0.3, -0.25) is 0 Å². The topological polar surface area (TPSA) is 11.3 Å². The van der Waals surface area contributed by atoms with Crippen LogP contribution in [0.2, 0.25) is 0 Å². The summed E-state index contributed by atoms with van der Waals surface area (Å²) < 4.78 is 7.46. The van der Waals surface area contributed by atoms with Gasteiger partial charge in [0.05, 0.1) is 23.3 Å². The minimum atomic E-state index is 0.871. The molecule has 3 aromatic carbocycles. The molecule has 0 unspecified atom stereocenters. The summed E-state index contributed by atoms with van der Waals surface area (Å²) in [6.45, 7) is 0. The second kappa shape index (κ2) is 7.19. The van der Waals surface area contributed by atoms with E-state index in [-0.39, 0.29) is 0 Å². The van der Waals surface area contributed by atoms with Crippen LogP contribution in [-0.4, -0.2) is 0 Å². The average molecular weight is 435 g/mol. The second-order valence-electron chi connectivity index (χ2n) is 5.81. The van der Waals surface area contributed by atoms with E-state index >= 15 is 0 Å². The highest BCUT2D eigenvalue weighted by atomic mass is 127. The van der Waals surface area contributed by atoms with Gasteiger partial charge >= 0.3 is 11.5 Å². The first-order chi connectivity index (χ1) is 12.3. The first-order valence-corrected chi connectivity index (χ1v) is 9.22. The van der Waals surface area contributed by atoms with Gasteiger partial charge in [0, 0.05) is 9.13 Å². The van der Waals surface area contributed by atoms with Gasteiger partial charge in [-0.15, -0.1) is 0 Å². The van der Waals surface area contributed by atoms with Crippen molar-refractivity contribution in [2.75, 3.05) is 0 Å². The van der Waals surface area contributed by atoms with Crippen molar-refractivity contribution in [2.24, 2.45) is 0 Å². The summed E-state index contributed by atoms with van der Waals surface area (Å²) in [4.78, 5) is 0. The van der Waals surface area contributed by atoms with Gasteiger partial charge < -0.3 is 0 Å². The van der Waals surface area contributed by atoms with Crippen molar-refractivity contribution in [3.63, 3.8) is 0 Å². The third kappa shape index (κ3) is 3.64. The highest BCUT2D eigenvalue weighted by Gasteiger charge is 2.20. The number of hydrogen-bond donors (Lipinski definition) is 0. The molecule has 0 saturated carbocycles. The van der Waals surface area contributed by atoms with Crippen molar-refractivity contribution in [1.29, 1.82) is 0 Å². The van der Waals surface area contributed by atoms with Crippen LogP contribution >= 0.6 is 22.6 Å². The minimum absolute atomic E-state index is 0.871. The van der Waals surface area contributed by atoms with E-state index < -0.39 is 0 Å². The molecule has 4 aromatic rings. The van der Waals surface area contributed by atoms with Crippen molar-refractivity contribution in [1.82, 2.24) is 0 Å². The smallest absolute Gasteiger partial charge is 0.207 e. The minimum Gasteiger partial charge on any atom is -0.207 e. The van der Waals surface area contributed by atoms with E-state index in [2.05, 4.69) is 95.4 Å². The fourth-order valence-corrected chi connectivity index (χ4v) is 3.16. The largest absolute Gasteiger partial charge is 0.361 e. The Morgan fingerprint density at radius 2 is 0.960 bits per heavy atom. The molecule has 0 aliphatic rings. The molecule has 0 N–H and O–H groups in total. The number of halogens is 1. The van der Waals surface area contributed by atoms with Crippen LogP contribution < -0.4 is 0 Å². The van der Waals surface area contributed by atoms with Crippen LogP contribution in [0.1, 0.15) is 0 Å². The Bertz CT molecular complexity index is 920. The molecule has 0 fully saturated rings. The lowest BCUT2D eigenvalue weighted by Crippen LogP contribution is -1.86. The third-order valence-corrected chi connectivity index (χ3v) is 4.81. The Hall–Kier alpha value is -2.46. The molecule has 0 amide bonds. The van der Waals surface area contributed by atoms with Gasteiger partial charge in [-0.25, -0.2) is 4.42 Å². The van der Waals surface area contributed by atoms with Crippen LogP contribution in [0.15, 0.2) is 101 Å². The van der Waals surface area contributed by atoms with E-state index in [1.165, 1.54) is 9.13 Å². The van der Waals surface area contributed by atoms with Crippen molar-refractivity contribution < 1.29 is 4.42 Å². The Kier molecular flexibility index (Phi) is 4.61. The molecule has 1 heterocycles. The van der Waals surface area contributed by atoms with Gasteiger partial charge in [-0.1, -0.05) is 48.5 Å². The Morgan fingerprint density at radius 3 is 1.52 bits per heavy atom. The molecule has 0 radical (unpaired) electrons. The van der Waals surface area contributed by atoms with Crippen LogP contribution in [0.4, 0.5) is 0 Å². The molecule has 2 heteroatoms. The van der Waals surface area contributed by atoms with E-state index in [1.54, 1.807) is 0 Å². The third-order valence-electron chi connectivity index (χ3n) is 4.09. The van der Waals surface area contributed by atoms with Crippen molar-refractivity contribution >= 4 is 22.6 Å². The predicted molar refractivity (Wildman–Crippen MR) is 112 cm³/mol. The Labute approximate surface area is 161 Å². The van der Waals surface area contributed by atoms with Crippen LogP contribution in [0, 0.1) is 3.57 Å². The molecule has 1 aromatic heterocycles. The van der Waals surface area contributed by atoms with E-state index in [4.69, 9.17) is 4.42 Å². The molecular weight excluding hydrogens is 419 g/mol. The van der Waals surface area contributed by atoms with Gasteiger partial charge in [0.2, 0.25) is 0 Å². The van der Waals surface area contributed by atoms with E-state index in [1.807, 2.05) is 24.3 Å². The summed E-state index contributed by atoms with van der Waals surface area (Å²) in [6, 6.07) is 33.3. The van der Waals surface area contributed by atoms with Gasteiger partial charge in [0.1, 0.15) is 0 Å². The molecule has 0 atom stereocenters. The highest BCUT2D eigenvalue weighted by Crippen LogP contribution is 2.32. The van der Waals surface area contributed by atoms with E-state index in [0.29, 0.717) is 0 Å². The van der Waals surface area contributed by atoms with Crippen LogP contribution in [0.3, 0.4) is 0 Å². The number of benzene rings is 3. The average Bonchev–Trinajstić information content (AvgIpc) is 2.69. The van der Waals surface area contributed by atoms with Gasteiger partial charge in [-0.2, -0.15) is 0 Å². The number of hydrogen-bond acceptors (Lipinski definition) is 0. The normalized spacial score (nSPS) is 10.6. The van der Waals surface area contributed by atoms with Gasteiger partial charge in [0.25, 0.3) is 0 Å². The zero-order chi connectivity index (χ0) is 17.1.